The summed E-state index contributed by atoms with van der Waals surface area (Å²) in [6.07, 6.45) is -0.657. The molecule has 3 nitrogen and oxygen atoms in total. The zero-order valence-corrected chi connectivity index (χ0v) is 11.3. The van der Waals surface area contributed by atoms with Gasteiger partial charge in [0.1, 0.15) is 11.6 Å². The molecular formula is C14H21F2NO2. The number of benzene rings is 1. The van der Waals surface area contributed by atoms with Crippen molar-refractivity contribution >= 4 is 0 Å². The zero-order chi connectivity index (χ0) is 14.3. The molecule has 0 aliphatic rings. The van der Waals surface area contributed by atoms with Crippen molar-refractivity contribution in [3.05, 3.63) is 35.4 Å². The number of halogens is 2. The number of aliphatic hydroxyl groups excluding tert-OH is 1. The van der Waals surface area contributed by atoms with E-state index in [0.29, 0.717) is 12.5 Å². The molecule has 5 heteroatoms. The first-order chi connectivity index (χ1) is 8.99. The van der Waals surface area contributed by atoms with E-state index in [0.717, 1.165) is 18.2 Å². The van der Waals surface area contributed by atoms with E-state index in [1.165, 1.54) is 0 Å². The molecule has 1 aromatic rings. The van der Waals surface area contributed by atoms with Crippen molar-refractivity contribution in [3.8, 4) is 0 Å². The van der Waals surface area contributed by atoms with Gasteiger partial charge in [-0.25, -0.2) is 8.78 Å². The summed E-state index contributed by atoms with van der Waals surface area (Å²) in [5.74, 6) is -0.514. The van der Waals surface area contributed by atoms with Crippen LogP contribution in [0.1, 0.15) is 19.4 Å². The van der Waals surface area contributed by atoms with E-state index < -0.39 is 17.7 Å². The van der Waals surface area contributed by atoms with Gasteiger partial charge in [-0.2, -0.15) is 0 Å². The van der Waals surface area contributed by atoms with Crippen LogP contribution in [-0.4, -0.2) is 31.0 Å². The van der Waals surface area contributed by atoms with Crippen LogP contribution >= 0.6 is 0 Å². The van der Waals surface area contributed by atoms with Crippen LogP contribution in [0.2, 0.25) is 0 Å². The summed E-state index contributed by atoms with van der Waals surface area (Å²) < 4.78 is 31.5. The highest BCUT2D eigenvalue weighted by Crippen LogP contribution is 2.09. The van der Waals surface area contributed by atoms with Gasteiger partial charge in [-0.05, 0) is 24.1 Å². The van der Waals surface area contributed by atoms with E-state index in [1.807, 2.05) is 13.8 Å². The first kappa shape index (κ1) is 16.0. The maximum atomic E-state index is 13.3. The van der Waals surface area contributed by atoms with Crippen LogP contribution < -0.4 is 5.32 Å². The van der Waals surface area contributed by atoms with E-state index in [-0.39, 0.29) is 25.3 Å². The van der Waals surface area contributed by atoms with Gasteiger partial charge in [0.25, 0.3) is 0 Å². The third kappa shape index (κ3) is 6.61. The second-order valence-electron chi connectivity index (χ2n) is 4.95. The summed E-state index contributed by atoms with van der Waals surface area (Å²) in [5.41, 5.74) is 0.246. The number of hydrogen-bond acceptors (Lipinski definition) is 3. The molecule has 0 spiro atoms. The van der Waals surface area contributed by atoms with Gasteiger partial charge in [-0.3, -0.25) is 0 Å². The lowest BCUT2D eigenvalue weighted by Crippen LogP contribution is -2.30. The highest BCUT2D eigenvalue weighted by atomic mass is 19.1. The highest BCUT2D eigenvalue weighted by Gasteiger charge is 2.07. The molecule has 0 bridgehead atoms. The standard InChI is InChI=1S/C14H21F2NO2/c1-10(2)8-19-9-13(18)7-17-6-11-5-12(15)3-4-14(11)16/h3-5,10,13,17-18H,6-9H2,1-2H3. The Labute approximate surface area is 112 Å². The van der Waals surface area contributed by atoms with Crippen LogP contribution in [0.15, 0.2) is 18.2 Å². The van der Waals surface area contributed by atoms with Crippen LogP contribution in [-0.2, 0) is 11.3 Å². The summed E-state index contributed by atoms with van der Waals surface area (Å²) in [6, 6.07) is 3.31. The Kier molecular flexibility index (Phi) is 6.91. The summed E-state index contributed by atoms with van der Waals surface area (Å²) in [5, 5.41) is 12.5. The lowest BCUT2D eigenvalue weighted by atomic mass is 10.2. The van der Waals surface area contributed by atoms with Crippen LogP contribution in [0.25, 0.3) is 0 Å². The van der Waals surface area contributed by atoms with Crippen molar-refractivity contribution in [1.29, 1.82) is 0 Å². The molecular weight excluding hydrogens is 252 g/mol. The number of aliphatic hydroxyl groups is 1. The molecule has 0 saturated heterocycles. The topological polar surface area (TPSA) is 41.5 Å². The minimum atomic E-state index is -0.657. The van der Waals surface area contributed by atoms with Gasteiger partial charge in [0.15, 0.2) is 0 Å². The molecule has 2 N–H and O–H groups in total. The third-order valence-corrected chi connectivity index (χ3v) is 2.46. The SMILES string of the molecule is CC(C)COCC(O)CNCc1cc(F)ccc1F. The van der Waals surface area contributed by atoms with Crippen LogP contribution in [0, 0.1) is 17.6 Å². The van der Waals surface area contributed by atoms with E-state index >= 15 is 0 Å². The Hall–Kier alpha value is -1.04. The number of hydrogen-bond donors (Lipinski definition) is 2. The van der Waals surface area contributed by atoms with E-state index in [9.17, 15) is 13.9 Å². The Balaban J connectivity index is 2.24. The van der Waals surface area contributed by atoms with Gasteiger partial charge in [-0.15, -0.1) is 0 Å². The van der Waals surface area contributed by atoms with Crippen molar-refractivity contribution in [2.45, 2.75) is 26.5 Å². The molecule has 0 fully saturated rings. The van der Waals surface area contributed by atoms with Gasteiger partial charge < -0.3 is 15.2 Å². The molecule has 0 aliphatic heterocycles. The smallest absolute Gasteiger partial charge is 0.127 e. The molecule has 1 unspecified atom stereocenters. The van der Waals surface area contributed by atoms with Crippen molar-refractivity contribution in [2.75, 3.05) is 19.8 Å². The Morgan fingerprint density at radius 3 is 2.68 bits per heavy atom. The van der Waals surface area contributed by atoms with Crippen molar-refractivity contribution in [1.82, 2.24) is 5.32 Å². The molecule has 0 saturated carbocycles. The predicted molar refractivity (Wildman–Crippen MR) is 69.7 cm³/mol. The molecule has 19 heavy (non-hydrogen) atoms. The summed E-state index contributed by atoms with van der Waals surface area (Å²) in [6.45, 7) is 5.32. The molecule has 0 heterocycles. The molecule has 0 aliphatic carbocycles. The quantitative estimate of drug-likeness (QED) is 0.762. The second-order valence-corrected chi connectivity index (χ2v) is 4.95. The number of rotatable bonds is 8. The van der Waals surface area contributed by atoms with Gasteiger partial charge in [0.2, 0.25) is 0 Å². The van der Waals surface area contributed by atoms with E-state index in [4.69, 9.17) is 4.74 Å². The lowest BCUT2D eigenvalue weighted by molar-refractivity contribution is 0.0260. The van der Waals surface area contributed by atoms with Gasteiger partial charge in [0, 0.05) is 25.3 Å². The fourth-order valence-electron chi connectivity index (χ4n) is 1.55. The van der Waals surface area contributed by atoms with Crippen LogP contribution in [0.4, 0.5) is 8.78 Å². The first-order valence-corrected chi connectivity index (χ1v) is 6.39. The van der Waals surface area contributed by atoms with Gasteiger partial charge >= 0.3 is 0 Å². The largest absolute Gasteiger partial charge is 0.389 e. The van der Waals surface area contributed by atoms with E-state index in [1.54, 1.807) is 0 Å². The first-order valence-electron chi connectivity index (χ1n) is 6.39. The molecule has 108 valence electrons. The normalized spacial score (nSPS) is 12.9. The lowest BCUT2D eigenvalue weighted by Gasteiger charge is -2.13. The Morgan fingerprint density at radius 2 is 2.00 bits per heavy atom. The fraction of sp³-hybridized carbons (Fsp3) is 0.571. The summed E-state index contributed by atoms with van der Waals surface area (Å²) >= 11 is 0. The van der Waals surface area contributed by atoms with Crippen LogP contribution in [0.5, 0.6) is 0 Å². The summed E-state index contributed by atoms with van der Waals surface area (Å²) in [7, 11) is 0. The number of nitrogens with one attached hydrogen (secondary N) is 1. The monoisotopic (exact) mass is 273 g/mol. The average molecular weight is 273 g/mol. The minimum Gasteiger partial charge on any atom is -0.389 e. The zero-order valence-electron chi connectivity index (χ0n) is 11.3. The molecule has 0 aromatic heterocycles. The maximum absolute atomic E-state index is 13.3. The Morgan fingerprint density at radius 1 is 1.26 bits per heavy atom. The summed E-state index contributed by atoms with van der Waals surface area (Å²) in [4.78, 5) is 0. The molecule has 1 rings (SSSR count). The van der Waals surface area contributed by atoms with Gasteiger partial charge in [0.05, 0.1) is 12.7 Å². The third-order valence-electron chi connectivity index (χ3n) is 2.46. The molecule has 0 radical (unpaired) electrons. The second kappa shape index (κ2) is 8.19. The highest BCUT2D eigenvalue weighted by molar-refractivity contribution is 5.18. The maximum Gasteiger partial charge on any atom is 0.127 e. The number of ether oxygens (including phenoxy) is 1. The fourth-order valence-corrected chi connectivity index (χ4v) is 1.55. The predicted octanol–water partition coefficient (Wildman–Crippen LogP) is 2.09. The minimum absolute atomic E-state index is 0.171. The van der Waals surface area contributed by atoms with Crippen molar-refractivity contribution < 1.29 is 18.6 Å². The van der Waals surface area contributed by atoms with Crippen molar-refractivity contribution in [2.24, 2.45) is 5.92 Å². The average Bonchev–Trinajstić information content (AvgIpc) is 2.33. The Bertz CT molecular complexity index is 386. The molecule has 1 aromatic carbocycles. The molecule has 1 atom stereocenters. The van der Waals surface area contributed by atoms with Gasteiger partial charge in [-0.1, -0.05) is 13.8 Å². The van der Waals surface area contributed by atoms with Crippen LogP contribution in [0.3, 0.4) is 0 Å². The van der Waals surface area contributed by atoms with Crippen molar-refractivity contribution in [3.63, 3.8) is 0 Å². The van der Waals surface area contributed by atoms with E-state index in [2.05, 4.69) is 5.32 Å². The molecule has 0 amide bonds.